The Hall–Kier alpha value is -2.47. The quantitative estimate of drug-likeness (QED) is 0.755. The van der Waals surface area contributed by atoms with Crippen LogP contribution in [0.15, 0.2) is 41.2 Å². The van der Waals surface area contributed by atoms with Crippen molar-refractivity contribution in [3.8, 4) is 11.3 Å². The molecule has 0 radical (unpaired) electrons. The zero-order valence-electron chi connectivity index (χ0n) is 10.6. The molecule has 0 fully saturated rings. The number of hydrogen-bond donors (Lipinski definition) is 2. The molecule has 2 heterocycles. The van der Waals surface area contributed by atoms with Crippen LogP contribution in [0.3, 0.4) is 0 Å². The Bertz CT molecular complexity index is 821. The first-order valence-corrected chi connectivity index (χ1v) is 6.25. The number of H-pyrrole nitrogens is 1. The fourth-order valence-electron chi connectivity index (χ4n) is 2.12. The summed E-state index contributed by atoms with van der Waals surface area (Å²) in [7, 11) is 0. The molecule has 20 heavy (non-hydrogen) atoms. The smallest absolute Gasteiger partial charge is 0.272 e. The van der Waals surface area contributed by atoms with Gasteiger partial charge in [-0.05, 0) is 18.7 Å². The lowest BCUT2D eigenvalue weighted by molar-refractivity contribution is 0.628. The molecule has 0 saturated carbocycles. The summed E-state index contributed by atoms with van der Waals surface area (Å²) in [6.07, 6.45) is 0.548. The van der Waals surface area contributed by atoms with Gasteiger partial charge in [0.25, 0.3) is 5.56 Å². The van der Waals surface area contributed by atoms with Gasteiger partial charge in [-0.25, -0.2) is 13.9 Å². The van der Waals surface area contributed by atoms with Crippen LogP contribution < -0.4 is 11.3 Å². The molecule has 3 N–H and O–H groups in total. The Morgan fingerprint density at radius 3 is 2.90 bits per heavy atom. The molecular formula is C14H13FN4O. The second-order valence-corrected chi connectivity index (χ2v) is 4.50. The SMILES string of the molecule is NCCc1cc(=O)n2[nH]c(-c3cccc(F)c3)cc2n1. The van der Waals surface area contributed by atoms with Crippen molar-refractivity contribution in [2.45, 2.75) is 6.42 Å². The number of halogens is 1. The van der Waals surface area contributed by atoms with E-state index in [0.29, 0.717) is 35.6 Å². The summed E-state index contributed by atoms with van der Waals surface area (Å²) in [5.74, 6) is -0.328. The van der Waals surface area contributed by atoms with Crippen LogP contribution in [0.25, 0.3) is 16.9 Å². The first-order chi connectivity index (χ1) is 9.67. The number of nitrogens with one attached hydrogen (secondary N) is 1. The summed E-state index contributed by atoms with van der Waals surface area (Å²) in [5.41, 5.74) is 7.72. The Labute approximate surface area is 113 Å². The zero-order valence-corrected chi connectivity index (χ0v) is 10.6. The molecule has 2 aromatic heterocycles. The molecule has 3 aromatic rings. The minimum Gasteiger partial charge on any atom is -0.330 e. The highest BCUT2D eigenvalue weighted by Gasteiger charge is 2.08. The summed E-state index contributed by atoms with van der Waals surface area (Å²) in [5, 5.41) is 2.92. The van der Waals surface area contributed by atoms with Crippen molar-refractivity contribution in [1.82, 2.24) is 14.6 Å². The normalized spacial score (nSPS) is 11.1. The van der Waals surface area contributed by atoms with Crippen LogP contribution in [0.2, 0.25) is 0 Å². The maximum absolute atomic E-state index is 13.2. The van der Waals surface area contributed by atoms with E-state index in [-0.39, 0.29) is 11.4 Å². The zero-order chi connectivity index (χ0) is 14.1. The van der Waals surface area contributed by atoms with Crippen LogP contribution >= 0.6 is 0 Å². The Morgan fingerprint density at radius 1 is 1.30 bits per heavy atom. The van der Waals surface area contributed by atoms with E-state index < -0.39 is 0 Å². The standard InChI is InChI=1S/C14H13FN4O/c15-10-3-1-2-9(6-10)12-8-13-17-11(4-5-16)7-14(20)19(13)18-12/h1-3,6-8,18H,4-5,16H2. The second-order valence-electron chi connectivity index (χ2n) is 4.50. The van der Waals surface area contributed by atoms with Gasteiger partial charge in [-0.2, -0.15) is 0 Å². The predicted molar refractivity (Wildman–Crippen MR) is 74.0 cm³/mol. The molecule has 0 aliphatic rings. The number of rotatable bonds is 3. The monoisotopic (exact) mass is 272 g/mol. The predicted octanol–water partition coefficient (Wildman–Crippen LogP) is 1.33. The van der Waals surface area contributed by atoms with Gasteiger partial charge >= 0.3 is 0 Å². The molecular weight excluding hydrogens is 259 g/mol. The molecule has 1 aromatic carbocycles. The van der Waals surface area contributed by atoms with Gasteiger partial charge in [-0.15, -0.1) is 0 Å². The van der Waals surface area contributed by atoms with E-state index in [1.807, 2.05) is 0 Å². The van der Waals surface area contributed by atoms with Gasteiger partial charge in [0.1, 0.15) is 5.82 Å². The fourth-order valence-corrected chi connectivity index (χ4v) is 2.12. The molecule has 0 spiro atoms. The summed E-state index contributed by atoms with van der Waals surface area (Å²) < 4.78 is 14.6. The number of fused-ring (bicyclic) bond motifs is 1. The van der Waals surface area contributed by atoms with Gasteiger partial charge in [-0.1, -0.05) is 12.1 Å². The lowest BCUT2D eigenvalue weighted by Crippen LogP contribution is -2.17. The van der Waals surface area contributed by atoms with Crippen molar-refractivity contribution in [2.24, 2.45) is 5.73 Å². The van der Waals surface area contributed by atoms with Crippen molar-refractivity contribution in [2.75, 3.05) is 6.54 Å². The van der Waals surface area contributed by atoms with E-state index in [4.69, 9.17) is 5.73 Å². The topological polar surface area (TPSA) is 76.2 Å². The molecule has 5 nitrogen and oxygen atoms in total. The summed E-state index contributed by atoms with van der Waals surface area (Å²) in [4.78, 5) is 16.3. The number of aromatic nitrogens is 3. The van der Waals surface area contributed by atoms with Crippen LogP contribution in [-0.4, -0.2) is 21.1 Å². The number of hydrogen-bond acceptors (Lipinski definition) is 3. The second kappa shape index (κ2) is 4.90. The minimum atomic E-state index is -0.328. The largest absolute Gasteiger partial charge is 0.330 e. The van der Waals surface area contributed by atoms with Crippen molar-refractivity contribution < 1.29 is 4.39 Å². The van der Waals surface area contributed by atoms with Crippen molar-refractivity contribution in [1.29, 1.82) is 0 Å². The first-order valence-electron chi connectivity index (χ1n) is 6.25. The first kappa shape index (κ1) is 12.6. The maximum Gasteiger partial charge on any atom is 0.272 e. The molecule has 0 saturated heterocycles. The number of nitrogens with zero attached hydrogens (tertiary/aromatic N) is 2. The summed E-state index contributed by atoms with van der Waals surface area (Å²) in [6.45, 7) is 0.434. The van der Waals surface area contributed by atoms with E-state index in [9.17, 15) is 9.18 Å². The number of nitrogens with two attached hydrogens (primary N) is 1. The third-order valence-electron chi connectivity index (χ3n) is 3.04. The van der Waals surface area contributed by atoms with Crippen LogP contribution in [-0.2, 0) is 6.42 Å². The highest BCUT2D eigenvalue weighted by Crippen LogP contribution is 2.19. The molecule has 0 aliphatic carbocycles. The van der Waals surface area contributed by atoms with E-state index in [0.717, 1.165) is 0 Å². The lowest BCUT2D eigenvalue weighted by atomic mass is 10.1. The van der Waals surface area contributed by atoms with Crippen LogP contribution in [0.5, 0.6) is 0 Å². The molecule has 0 bridgehead atoms. The van der Waals surface area contributed by atoms with Crippen LogP contribution in [0.4, 0.5) is 4.39 Å². The lowest BCUT2D eigenvalue weighted by Gasteiger charge is -1.98. The summed E-state index contributed by atoms with van der Waals surface area (Å²) >= 11 is 0. The molecule has 0 aliphatic heterocycles. The Morgan fingerprint density at radius 2 is 2.15 bits per heavy atom. The number of aromatic amines is 1. The van der Waals surface area contributed by atoms with Crippen LogP contribution in [0, 0.1) is 5.82 Å². The molecule has 0 amide bonds. The third kappa shape index (κ3) is 2.21. The van der Waals surface area contributed by atoms with Gasteiger partial charge in [0.15, 0.2) is 5.65 Å². The van der Waals surface area contributed by atoms with E-state index in [1.54, 1.807) is 18.2 Å². The number of benzene rings is 1. The van der Waals surface area contributed by atoms with Gasteiger partial charge in [-0.3, -0.25) is 9.89 Å². The summed E-state index contributed by atoms with van der Waals surface area (Å²) in [6, 6.07) is 9.32. The Kier molecular flexibility index (Phi) is 3.08. The Balaban J connectivity index is 2.15. The van der Waals surface area contributed by atoms with E-state index in [1.165, 1.54) is 22.7 Å². The molecule has 3 rings (SSSR count). The van der Waals surface area contributed by atoms with E-state index >= 15 is 0 Å². The highest BCUT2D eigenvalue weighted by molar-refractivity contribution is 5.63. The average molecular weight is 272 g/mol. The maximum atomic E-state index is 13.2. The van der Waals surface area contributed by atoms with Crippen molar-refractivity contribution in [3.63, 3.8) is 0 Å². The van der Waals surface area contributed by atoms with Crippen LogP contribution in [0.1, 0.15) is 5.69 Å². The van der Waals surface area contributed by atoms with Crippen molar-refractivity contribution >= 4 is 5.65 Å². The minimum absolute atomic E-state index is 0.207. The van der Waals surface area contributed by atoms with Gasteiger partial charge in [0, 0.05) is 29.8 Å². The average Bonchev–Trinajstić information content (AvgIpc) is 2.84. The van der Waals surface area contributed by atoms with Crippen molar-refractivity contribution in [3.05, 3.63) is 58.3 Å². The van der Waals surface area contributed by atoms with E-state index in [2.05, 4.69) is 10.1 Å². The highest BCUT2D eigenvalue weighted by atomic mass is 19.1. The molecule has 0 atom stereocenters. The molecule has 0 unspecified atom stereocenters. The third-order valence-corrected chi connectivity index (χ3v) is 3.04. The fraction of sp³-hybridized carbons (Fsp3) is 0.143. The molecule has 102 valence electrons. The van der Waals surface area contributed by atoms with Gasteiger partial charge < -0.3 is 5.73 Å². The van der Waals surface area contributed by atoms with Gasteiger partial charge in [0.05, 0.1) is 5.69 Å². The van der Waals surface area contributed by atoms with Gasteiger partial charge in [0.2, 0.25) is 0 Å². The molecule has 6 heteroatoms.